The fourth-order valence-corrected chi connectivity index (χ4v) is 3.35. The molecule has 0 aromatic heterocycles. The van der Waals surface area contributed by atoms with Crippen LogP contribution < -0.4 is 0 Å². The van der Waals surface area contributed by atoms with E-state index in [4.69, 9.17) is 0 Å². The van der Waals surface area contributed by atoms with Crippen LogP contribution in [-0.4, -0.2) is 4.92 Å². The van der Waals surface area contributed by atoms with Crippen LogP contribution in [0.3, 0.4) is 0 Å². The molecule has 1 aromatic carbocycles. The lowest BCUT2D eigenvalue weighted by Crippen LogP contribution is -2.30. The quantitative estimate of drug-likeness (QED) is 0.447. The van der Waals surface area contributed by atoms with Crippen LogP contribution in [0.2, 0.25) is 0 Å². The molecule has 1 aromatic rings. The van der Waals surface area contributed by atoms with Crippen molar-refractivity contribution in [2.75, 3.05) is 0 Å². The Morgan fingerprint density at radius 2 is 2.11 bits per heavy atom. The zero-order valence-electron chi connectivity index (χ0n) is 10.7. The minimum Gasteiger partial charge on any atom is -0.258 e. The molecule has 3 heteroatoms. The summed E-state index contributed by atoms with van der Waals surface area (Å²) in [5.41, 5.74) is 2.44. The van der Waals surface area contributed by atoms with Crippen LogP contribution in [0.5, 0.6) is 0 Å². The maximum atomic E-state index is 11.0. The predicted octanol–water partition coefficient (Wildman–Crippen LogP) is 4.01. The third-order valence-electron chi connectivity index (χ3n) is 4.43. The van der Waals surface area contributed by atoms with E-state index in [2.05, 4.69) is 32.1 Å². The van der Waals surface area contributed by atoms with Gasteiger partial charge in [0.15, 0.2) is 0 Å². The highest BCUT2D eigenvalue weighted by molar-refractivity contribution is 5.59. The first-order valence-corrected chi connectivity index (χ1v) is 6.55. The Balaban J connectivity index is 1.99. The molecular formula is C15H17NO2. The molecule has 18 heavy (non-hydrogen) atoms. The SMILES string of the molecule is CC(C)C1C=CC2c3c(cccc3[N+](=O)[O-])C2C1. The van der Waals surface area contributed by atoms with E-state index >= 15 is 0 Å². The van der Waals surface area contributed by atoms with Crippen molar-refractivity contribution in [1.29, 1.82) is 0 Å². The molecule has 0 saturated heterocycles. The number of nitro benzene ring substituents is 1. The summed E-state index contributed by atoms with van der Waals surface area (Å²) < 4.78 is 0. The van der Waals surface area contributed by atoms with Gasteiger partial charge in [-0.15, -0.1) is 0 Å². The van der Waals surface area contributed by atoms with Gasteiger partial charge < -0.3 is 0 Å². The standard InChI is InChI=1S/C15H17NO2/c1-9(2)10-6-7-12-13(8-10)11-4-3-5-14(15(11)12)16(17)18/h3-7,9-10,12-13H,8H2,1-2H3. The Kier molecular flexibility index (Phi) is 2.51. The summed E-state index contributed by atoms with van der Waals surface area (Å²) in [5.74, 6) is 2.03. The largest absolute Gasteiger partial charge is 0.273 e. The molecule has 3 unspecified atom stereocenters. The number of allylic oxidation sites excluding steroid dienone is 2. The Hall–Kier alpha value is -1.64. The second kappa shape index (κ2) is 3.94. The van der Waals surface area contributed by atoms with E-state index in [1.165, 1.54) is 5.56 Å². The average Bonchev–Trinajstić information content (AvgIpc) is 2.34. The first-order chi connectivity index (χ1) is 8.59. The van der Waals surface area contributed by atoms with Gasteiger partial charge in [0.2, 0.25) is 0 Å². The molecule has 0 bridgehead atoms. The molecule has 3 atom stereocenters. The molecule has 2 aliphatic carbocycles. The number of hydrogen-bond donors (Lipinski definition) is 0. The van der Waals surface area contributed by atoms with Gasteiger partial charge in [0.25, 0.3) is 5.69 Å². The van der Waals surface area contributed by atoms with Gasteiger partial charge in [-0.3, -0.25) is 10.1 Å². The Morgan fingerprint density at radius 1 is 1.33 bits per heavy atom. The Bertz CT molecular complexity index is 533. The third-order valence-corrected chi connectivity index (χ3v) is 4.43. The van der Waals surface area contributed by atoms with Gasteiger partial charge in [0, 0.05) is 17.5 Å². The van der Waals surface area contributed by atoms with E-state index in [1.807, 2.05) is 6.07 Å². The van der Waals surface area contributed by atoms with Crippen LogP contribution in [0.15, 0.2) is 30.4 Å². The maximum absolute atomic E-state index is 11.0. The molecule has 0 N–H and O–H groups in total. The first-order valence-electron chi connectivity index (χ1n) is 6.55. The van der Waals surface area contributed by atoms with Crippen molar-refractivity contribution >= 4 is 5.69 Å². The molecule has 3 rings (SSSR count). The Labute approximate surface area is 107 Å². The maximum Gasteiger partial charge on any atom is 0.273 e. The number of fused-ring (bicyclic) bond motifs is 4. The van der Waals surface area contributed by atoms with Gasteiger partial charge in [-0.05, 0) is 29.7 Å². The third kappa shape index (κ3) is 1.50. The molecule has 94 valence electrons. The van der Waals surface area contributed by atoms with Gasteiger partial charge >= 0.3 is 0 Å². The van der Waals surface area contributed by atoms with Crippen molar-refractivity contribution in [2.45, 2.75) is 32.1 Å². The summed E-state index contributed by atoms with van der Waals surface area (Å²) in [6.07, 6.45) is 5.58. The van der Waals surface area contributed by atoms with Crippen molar-refractivity contribution in [2.24, 2.45) is 11.8 Å². The van der Waals surface area contributed by atoms with Crippen LogP contribution in [-0.2, 0) is 0 Å². The summed E-state index contributed by atoms with van der Waals surface area (Å²) >= 11 is 0. The number of benzene rings is 1. The van der Waals surface area contributed by atoms with Crippen LogP contribution >= 0.6 is 0 Å². The molecule has 0 amide bonds. The van der Waals surface area contributed by atoms with Gasteiger partial charge in [-0.25, -0.2) is 0 Å². The van der Waals surface area contributed by atoms with E-state index in [-0.39, 0.29) is 10.8 Å². The molecule has 0 heterocycles. The smallest absolute Gasteiger partial charge is 0.258 e. The lowest BCUT2D eigenvalue weighted by atomic mass is 9.60. The molecule has 0 radical (unpaired) electrons. The summed E-state index contributed by atoms with van der Waals surface area (Å²) in [6.45, 7) is 4.48. The molecule has 0 saturated carbocycles. The van der Waals surface area contributed by atoms with E-state index in [9.17, 15) is 10.1 Å². The topological polar surface area (TPSA) is 43.1 Å². The first kappa shape index (κ1) is 11.5. The normalized spacial score (nSPS) is 28.5. The van der Waals surface area contributed by atoms with Crippen LogP contribution in [0.25, 0.3) is 0 Å². The van der Waals surface area contributed by atoms with E-state index in [1.54, 1.807) is 6.07 Å². The lowest BCUT2D eigenvalue weighted by Gasteiger charge is -2.42. The van der Waals surface area contributed by atoms with Crippen molar-refractivity contribution in [3.8, 4) is 0 Å². The second-order valence-electron chi connectivity index (χ2n) is 5.70. The zero-order chi connectivity index (χ0) is 12.9. The van der Waals surface area contributed by atoms with E-state index < -0.39 is 0 Å². The van der Waals surface area contributed by atoms with Gasteiger partial charge in [-0.2, -0.15) is 0 Å². The lowest BCUT2D eigenvalue weighted by molar-refractivity contribution is -0.386. The van der Waals surface area contributed by atoms with Crippen LogP contribution in [0.4, 0.5) is 5.69 Å². The summed E-state index contributed by atoms with van der Waals surface area (Å²) in [6, 6.07) is 5.49. The highest BCUT2D eigenvalue weighted by Crippen LogP contribution is 2.56. The van der Waals surface area contributed by atoms with E-state index in [0.29, 0.717) is 23.4 Å². The van der Waals surface area contributed by atoms with Gasteiger partial charge in [0.05, 0.1) is 4.92 Å². The summed E-state index contributed by atoms with van der Waals surface area (Å²) in [5, 5.41) is 11.0. The number of hydrogen-bond acceptors (Lipinski definition) is 2. The molecule has 0 fully saturated rings. The fourth-order valence-electron chi connectivity index (χ4n) is 3.35. The predicted molar refractivity (Wildman–Crippen MR) is 70.7 cm³/mol. The number of nitro groups is 1. The van der Waals surface area contributed by atoms with Crippen molar-refractivity contribution < 1.29 is 4.92 Å². The monoisotopic (exact) mass is 243 g/mol. The van der Waals surface area contributed by atoms with Crippen molar-refractivity contribution in [1.82, 2.24) is 0 Å². The summed E-state index contributed by atoms with van der Waals surface area (Å²) in [7, 11) is 0. The fraction of sp³-hybridized carbons (Fsp3) is 0.467. The minimum absolute atomic E-state index is 0.253. The molecular weight excluding hydrogens is 226 g/mol. The highest BCUT2D eigenvalue weighted by atomic mass is 16.6. The van der Waals surface area contributed by atoms with Crippen molar-refractivity contribution in [3.05, 3.63) is 51.6 Å². The summed E-state index contributed by atoms with van der Waals surface area (Å²) in [4.78, 5) is 10.8. The second-order valence-corrected chi connectivity index (χ2v) is 5.70. The van der Waals surface area contributed by atoms with Crippen LogP contribution in [0.1, 0.15) is 43.2 Å². The number of nitrogens with zero attached hydrogens (tertiary/aromatic N) is 1. The van der Waals surface area contributed by atoms with Gasteiger partial charge in [0.1, 0.15) is 0 Å². The van der Waals surface area contributed by atoms with Crippen molar-refractivity contribution in [3.63, 3.8) is 0 Å². The highest BCUT2D eigenvalue weighted by Gasteiger charge is 2.43. The molecule has 0 spiro atoms. The average molecular weight is 243 g/mol. The Morgan fingerprint density at radius 3 is 2.78 bits per heavy atom. The van der Waals surface area contributed by atoms with Crippen LogP contribution in [0, 0.1) is 22.0 Å². The van der Waals surface area contributed by atoms with E-state index in [0.717, 1.165) is 12.0 Å². The minimum atomic E-state index is -0.253. The molecule has 2 aliphatic rings. The zero-order valence-corrected chi connectivity index (χ0v) is 10.7. The number of rotatable bonds is 2. The molecule has 0 aliphatic heterocycles. The molecule has 3 nitrogen and oxygen atoms in total. The van der Waals surface area contributed by atoms with Gasteiger partial charge in [-0.1, -0.05) is 38.1 Å².